The highest BCUT2D eigenvalue weighted by molar-refractivity contribution is 7.99. The van der Waals surface area contributed by atoms with Crippen LogP contribution in [-0.4, -0.2) is 61.1 Å². The zero-order valence-corrected chi connectivity index (χ0v) is 13.7. The van der Waals surface area contributed by atoms with Gasteiger partial charge in [0.2, 0.25) is 5.91 Å². The van der Waals surface area contributed by atoms with Gasteiger partial charge >= 0.3 is 0 Å². The van der Waals surface area contributed by atoms with Crippen LogP contribution in [0.15, 0.2) is 0 Å². The van der Waals surface area contributed by atoms with Gasteiger partial charge in [0.15, 0.2) is 0 Å². The third-order valence-electron chi connectivity index (χ3n) is 4.78. The molecule has 1 saturated heterocycles. The second-order valence-electron chi connectivity index (χ2n) is 6.39. The molecule has 1 aliphatic carbocycles. The number of nitrogens with one attached hydrogen (secondary N) is 2. The summed E-state index contributed by atoms with van der Waals surface area (Å²) in [6, 6.07) is 0.357. The molecule has 1 amide bonds. The molecular formula is C15H29N3OS. The Balaban J connectivity index is 1.78. The molecular weight excluding hydrogens is 270 g/mol. The van der Waals surface area contributed by atoms with Crippen LogP contribution in [0.3, 0.4) is 0 Å². The summed E-state index contributed by atoms with van der Waals surface area (Å²) in [5.41, 5.74) is 0.183. The summed E-state index contributed by atoms with van der Waals surface area (Å²) in [6.45, 7) is 1.84. The van der Waals surface area contributed by atoms with Crippen molar-refractivity contribution in [3.63, 3.8) is 0 Å². The monoisotopic (exact) mass is 299 g/mol. The molecule has 0 aromatic rings. The van der Waals surface area contributed by atoms with Crippen molar-refractivity contribution in [2.45, 2.75) is 50.1 Å². The Bertz CT molecular complexity index is 310. The summed E-state index contributed by atoms with van der Waals surface area (Å²) in [5.74, 6) is 2.44. The second-order valence-corrected chi connectivity index (χ2v) is 7.54. The molecule has 2 fully saturated rings. The third kappa shape index (κ3) is 4.37. The van der Waals surface area contributed by atoms with Crippen LogP contribution in [0.5, 0.6) is 0 Å². The highest BCUT2D eigenvalue weighted by Crippen LogP contribution is 2.31. The zero-order valence-electron chi connectivity index (χ0n) is 12.9. The van der Waals surface area contributed by atoms with Gasteiger partial charge in [0, 0.05) is 42.6 Å². The Hall–Kier alpha value is -0.260. The van der Waals surface area contributed by atoms with E-state index < -0.39 is 0 Å². The molecule has 2 rings (SSSR count). The lowest BCUT2D eigenvalue weighted by Crippen LogP contribution is -2.54. The quantitative estimate of drug-likeness (QED) is 0.807. The molecule has 5 heteroatoms. The topological polar surface area (TPSA) is 44.4 Å². The molecule has 4 nitrogen and oxygen atoms in total. The molecule has 1 saturated carbocycles. The van der Waals surface area contributed by atoms with Crippen molar-refractivity contribution in [3.8, 4) is 0 Å². The molecule has 0 bridgehead atoms. The van der Waals surface area contributed by atoms with Gasteiger partial charge in [-0.1, -0.05) is 19.3 Å². The number of nitrogens with zero attached hydrogens (tertiary/aromatic N) is 1. The van der Waals surface area contributed by atoms with Gasteiger partial charge in [0.25, 0.3) is 0 Å². The van der Waals surface area contributed by atoms with Crippen molar-refractivity contribution in [1.82, 2.24) is 15.5 Å². The van der Waals surface area contributed by atoms with E-state index in [1.807, 2.05) is 11.8 Å². The van der Waals surface area contributed by atoms with Gasteiger partial charge in [-0.25, -0.2) is 0 Å². The van der Waals surface area contributed by atoms with Crippen LogP contribution in [0.4, 0.5) is 0 Å². The largest absolute Gasteiger partial charge is 0.354 e. The van der Waals surface area contributed by atoms with E-state index in [-0.39, 0.29) is 11.4 Å². The van der Waals surface area contributed by atoms with Gasteiger partial charge < -0.3 is 15.5 Å². The maximum absolute atomic E-state index is 12.1. The molecule has 1 aliphatic heterocycles. The molecule has 1 heterocycles. The van der Waals surface area contributed by atoms with E-state index in [1.54, 1.807) is 0 Å². The number of carbonyl (C=O) groups is 1. The van der Waals surface area contributed by atoms with Gasteiger partial charge in [-0.2, -0.15) is 11.8 Å². The number of carbonyl (C=O) groups excluding carboxylic acids is 1. The average Bonchev–Trinajstić information content (AvgIpc) is 2.47. The van der Waals surface area contributed by atoms with Crippen LogP contribution in [-0.2, 0) is 4.79 Å². The molecule has 0 aromatic heterocycles. The van der Waals surface area contributed by atoms with Crippen molar-refractivity contribution >= 4 is 17.7 Å². The molecule has 116 valence electrons. The predicted molar refractivity (Wildman–Crippen MR) is 86.2 cm³/mol. The minimum atomic E-state index is 0.183. The Labute approximate surface area is 127 Å². The van der Waals surface area contributed by atoms with Gasteiger partial charge in [-0.05, 0) is 26.9 Å². The maximum Gasteiger partial charge on any atom is 0.221 e. The predicted octanol–water partition coefficient (Wildman–Crippen LogP) is 1.46. The first-order chi connectivity index (χ1) is 9.62. The molecule has 2 N–H and O–H groups in total. The molecule has 1 unspecified atom stereocenters. The van der Waals surface area contributed by atoms with Gasteiger partial charge in [0.05, 0.1) is 0 Å². The Kier molecular flexibility index (Phi) is 6.18. The molecule has 1 atom stereocenters. The fourth-order valence-electron chi connectivity index (χ4n) is 3.30. The summed E-state index contributed by atoms with van der Waals surface area (Å²) >= 11 is 1.94. The first-order valence-corrected chi connectivity index (χ1v) is 9.03. The van der Waals surface area contributed by atoms with Crippen LogP contribution in [0.1, 0.15) is 38.5 Å². The smallest absolute Gasteiger partial charge is 0.221 e. The standard InChI is InChI=1S/C15H29N3OS/c1-18(2)15(6-4-3-5-7-15)12-17-14(19)10-13-11-20-9-8-16-13/h13,16H,3-12H2,1-2H3,(H,17,19). The number of amides is 1. The molecule has 20 heavy (non-hydrogen) atoms. The van der Waals surface area contributed by atoms with Gasteiger partial charge in [-0.15, -0.1) is 0 Å². The first kappa shape index (κ1) is 16.1. The minimum absolute atomic E-state index is 0.183. The van der Waals surface area contributed by atoms with Crippen molar-refractivity contribution in [2.75, 3.05) is 38.7 Å². The van der Waals surface area contributed by atoms with Crippen molar-refractivity contribution in [2.24, 2.45) is 0 Å². The lowest BCUT2D eigenvalue weighted by molar-refractivity contribution is -0.122. The van der Waals surface area contributed by atoms with E-state index >= 15 is 0 Å². The van der Waals surface area contributed by atoms with E-state index in [2.05, 4.69) is 29.6 Å². The Morgan fingerprint density at radius 3 is 2.70 bits per heavy atom. The van der Waals surface area contributed by atoms with E-state index in [9.17, 15) is 4.79 Å². The van der Waals surface area contributed by atoms with Crippen LogP contribution in [0, 0.1) is 0 Å². The molecule has 0 aromatic carbocycles. The van der Waals surface area contributed by atoms with Crippen LogP contribution in [0.2, 0.25) is 0 Å². The summed E-state index contributed by atoms with van der Waals surface area (Å²) in [5, 5.41) is 6.62. The van der Waals surface area contributed by atoms with Crippen LogP contribution >= 0.6 is 11.8 Å². The van der Waals surface area contributed by atoms with Crippen LogP contribution in [0.25, 0.3) is 0 Å². The third-order valence-corrected chi connectivity index (χ3v) is 5.91. The second kappa shape index (κ2) is 7.66. The number of thioether (sulfide) groups is 1. The lowest BCUT2D eigenvalue weighted by atomic mass is 9.80. The van der Waals surface area contributed by atoms with Gasteiger partial charge in [0.1, 0.15) is 0 Å². The minimum Gasteiger partial charge on any atom is -0.354 e. The number of likely N-dealkylation sites (N-methyl/N-ethyl adjacent to an activating group) is 1. The Morgan fingerprint density at radius 2 is 2.10 bits per heavy atom. The maximum atomic E-state index is 12.1. The number of rotatable bonds is 5. The summed E-state index contributed by atoms with van der Waals surface area (Å²) in [7, 11) is 4.30. The van der Waals surface area contributed by atoms with E-state index in [4.69, 9.17) is 0 Å². The number of hydrogen-bond acceptors (Lipinski definition) is 4. The van der Waals surface area contributed by atoms with E-state index in [0.29, 0.717) is 12.5 Å². The van der Waals surface area contributed by atoms with Gasteiger partial charge in [-0.3, -0.25) is 4.79 Å². The molecule has 0 radical (unpaired) electrons. The van der Waals surface area contributed by atoms with Crippen LogP contribution < -0.4 is 10.6 Å². The normalized spacial score (nSPS) is 26.4. The average molecular weight is 299 g/mol. The zero-order chi connectivity index (χ0) is 14.4. The summed E-state index contributed by atoms with van der Waals surface area (Å²) in [6.07, 6.45) is 6.95. The molecule has 2 aliphatic rings. The van der Waals surface area contributed by atoms with Crippen molar-refractivity contribution in [3.05, 3.63) is 0 Å². The fraction of sp³-hybridized carbons (Fsp3) is 0.933. The van der Waals surface area contributed by atoms with Crippen molar-refractivity contribution in [1.29, 1.82) is 0 Å². The first-order valence-electron chi connectivity index (χ1n) is 7.88. The van der Waals surface area contributed by atoms with Crippen molar-refractivity contribution < 1.29 is 4.79 Å². The van der Waals surface area contributed by atoms with E-state index in [1.165, 1.54) is 37.9 Å². The fourth-order valence-corrected chi connectivity index (χ4v) is 4.25. The molecule has 0 spiro atoms. The Morgan fingerprint density at radius 1 is 1.35 bits per heavy atom. The summed E-state index contributed by atoms with van der Waals surface area (Å²) < 4.78 is 0. The SMILES string of the molecule is CN(C)C1(CNC(=O)CC2CSCCN2)CCCCC1. The van der Waals surface area contributed by atoms with E-state index in [0.717, 1.165) is 18.8 Å². The number of hydrogen-bond donors (Lipinski definition) is 2. The highest BCUT2D eigenvalue weighted by atomic mass is 32.2. The highest BCUT2D eigenvalue weighted by Gasteiger charge is 2.34. The lowest BCUT2D eigenvalue weighted by Gasteiger charge is -2.43. The summed E-state index contributed by atoms with van der Waals surface area (Å²) in [4.78, 5) is 14.5.